The van der Waals surface area contributed by atoms with E-state index in [0.717, 1.165) is 21.6 Å². The molecule has 2 aromatic heterocycles. The van der Waals surface area contributed by atoms with Crippen molar-refractivity contribution in [3.05, 3.63) is 16.8 Å². The number of hydrogen-bond acceptors (Lipinski definition) is 5. The molecule has 0 radical (unpaired) electrons. The number of hydrogen-bond donors (Lipinski definition) is 2. The van der Waals surface area contributed by atoms with Gasteiger partial charge in [0.25, 0.3) is 0 Å². The first kappa shape index (κ1) is 7.95. The lowest BCUT2D eigenvalue weighted by molar-refractivity contribution is 0.131. The van der Waals surface area contributed by atoms with Crippen LogP contribution in [0.15, 0.2) is 10.6 Å². The van der Waals surface area contributed by atoms with Gasteiger partial charge < -0.3 is 9.67 Å². The van der Waals surface area contributed by atoms with E-state index in [-0.39, 0.29) is 0 Å². The minimum Gasteiger partial charge on any atom is -0.367 e. The number of nitrogens with zero attached hydrogens (tertiary/aromatic N) is 3. The van der Waals surface area contributed by atoms with Crippen LogP contribution in [0.3, 0.4) is 0 Å². The Morgan fingerprint density at radius 2 is 2.50 bits per heavy atom. The molecule has 3 heterocycles. The Bertz CT molecular complexity index is 527. The van der Waals surface area contributed by atoms with Gasteiger partial charge in [-0.05, 0) is 0 Å². The third-order valence-electron chi connectivity index (χ3n) is 2.40. The second-order valence-corrected chi connectivity index (χ2v) is 4.01. The fourth-order valence-corrected chi connectivity index (χ4v) is 2.60. The number of hydrazone groups is 1. The molecule has 0 aromatic carbocycles. The summed E-state index contributed by atoms with van der Waals surface area (Å²) in [5, 5.41) is 13.6. The topological polar surface area (TPSA) is 62.4 Å². The molecule has 72 valence electrons. The van der Waals surface area contributed by atoms with E-state index in [1.54, 1.807) is 23.1 Å². The molecule has 14 heavy (non-hydrogen) atoms. The summed E-state index contributed by atoms with van der Waals surface area (Å²) in [6.07, 6.45) is 0.990. The Labute approximate surface area is 83.7 Å². The summed E-state index contributed by atoms with van der Waals surface area (Å²) in [4.78, 5) is 4.24. The molecule has 5 nitrogen and oxygen atoms in total. The van der Waals surface area contributed by atoms with Crippen LogP contribution in [0.4, 0.5) is 0 Å². The van der Waals surface area contributed by atoms with Crippen LogP contribution in [-0.2, 0) is 7.05 Å². The van der Waals surface area contributed by atoms with E-state index < -0.39 is 6.23 Å². The minimum absolute atomic E-state index is 0.735. The van der Waals surface area contributed by atoms with Crippen molar-refractivity contribution in [3.8, 4) is 0 Å². The molecule has 1 aliphatic rings. The molecular weight excluding hydrogens is 200 g/mol. The first-order valence-corrected chi connectivity index (χ1v) is 5.05. The van der Waals surface area contributed by atoms with E-state index in [0.29, 0.717) is 0 Å². The average Bonchev–Trinajstić information content (AvgIpc) is 2.71. The van der Waals surface area contributed by atoms with Crippen LogP contribution in [0, 0.1) is 0 Å². The summed E-state index contributed by atoms with van der Waals surface area (Å²) in [5.74, 6) is 0. The largest absolute Gasteiger partial charge is 0.367 e. The van der Waals surface area contributed by atoms with E-state index >= 15 is 0 Å². The van der Waals surface area contributed by atoms with Crippen molar-refractivity contribution < 1.29 is 5.11 Å². The van der Waals surface area contributed by atoms with Crippen molar-refractivity contribution in [1.82, 2.24) is 15.0 Å². The summed E-state index contributed by atoms with van der Waals surface area (Å²) >= 11 is 1.56. The van der Waals surface area contributed by atoms with Crippen LogP contribution in [0.5, 0.6) is 0 Å². The Hall–Kier alpha value is -1.40. The maximum Gasteiger partial charge on any atom is 0.181 e. The van der Waals surface area contributed by atoms with Gasteiger partial charge in [0.1, 0.15) is 0 Å². The van der Waals surface area contributed by atoms with E-state index in [1.165, 1.54) is 0 Å². The number of nitrogens with one attached hydrogen (secondary N) is 1. The second-order valence-electron chi connectivity index (χ2n) is 3.15. The highest BCUT2D eigenvalue weighted by molar-refractivity contribution is 7.17. The van der Waals surface area contributed by atoms with Crippen molar-refractivity contribution in [1.29, 1.82) is 0 Å². The number of rotatable bonds is 0. The summed E-state index contributed by atoms with van der Waals surface area (Å²) < 4.78 is 2.97. The third kappa shape index (κ3) is 0.816. The molecule has 1 unspecified atom stereocenters. The van der Waals surface area contributed by atoms with Crippen LogP contribution >= 0.6 is 11.3 Å². The third-order valence-corrected chi connectivity index (χ3v) is 3.25. The highest BCUT2D eigenvalue weighted by Gasteiger charge is 2.23. The summed E-state index contributed by atoms with van der Waals surface area (Å²) in [5.41, 5.74) is 7.10. The predicted octanol–water partition coefficient (Wildman–Crippen LogP) is 0.563. The molecule has 0 bridgehead atoms. The number of aliphatic hydroxyl groups is 1. The van der Waals surface area contributed by atoms with Crippen molar-refractivity contribution in [3.63, 3.8) is 0 Å². The Kier molecular flexibility index (Phi) is 1.45. The fourth-order valence-electron chi connectivity index (χ4n) is 1.76. The lowest BCUT2D eigenvalue weighted by Crippen LogP contribution is -2.22. The number of aromatic nitrogens is 2. The molecule has 0 spiro atoms. The van der Waals surface area contributed by atoms with Gasteiger partial charge in [-0.25, -0.2) is 4.98 Å². The number of aryl methyl sites for hydroxylation is 1. The quantitative estimate of drug-likeness (QED) is 0.665. The lowest BCUT2D eigenvalue weighted by atomic mass is 10.2. The van der Waals surface area contributed by atoms with Gasteiger partial charge in [0.15, 0.2) is 11.9 Å². The Balaban J connectivity index is 2.45. The molecule has 1 atom stereocenters. The first-order valence-electron chi connectivity index (χ1n) is 4.17. The molecule has 0 aliphatic carbocycles. The van der Waals surface area contributed by atoms with Crippen LogP contribution in [-0.4, -0.2) is 20.9 Å². The van der Waals surface area contributed by atoms with Crippen molar-refractivity contribution >= 4 is 27.9 Å². The number of fused-ring (bicyclic) bond motifs is 3. The Morgan fingerprint density at radius 3 is 3.36 bits per heavy atom. The van der Waals surface area contributed by atoms with Crippen molar-refractivity contribution in [2.75, 3.05) is 0 Å². The maximum absolute atomic E-state index is 9.69. The molecule has 0 amide bonds. The zero-order valence-corrected chi connectivity index (χ0v) is 8.25. The molecule has 6 heteroatoms. The molecule has 2 N–H and O–H groups in total. The van der Waals surface area contributed by atoms with Gasteiger partial charge in [0.2, 0.25) is 0 Å². The van der Waals surface area contributed by atoms with Crippen molar-refractivity contribution in [2.45, 2.75) is 6.23 Å². The van der Waals surface area contributed by atoms with Gasteiger partial charge in [0.05, 0.1) is 22.1 Å². The van der Waals surface area contributed by atoms with Crippen LogP contribution in [0.2, 0.25) is 0 Å². The molecule has 1 aliphatic heterocycles. The van der Waals surface area contributed by atoms with E-state index in [4.69, 9.17) is 0 Å². The summed E-state index contributed by atoms with van der Waals surface area (Å²) in [6, 6.07) is 0. The second kappa shape index (κ2) is 2.55. The van der Waals surface area contributed by atoms with Gasteiger partial charge in [-0.1, -0.05) is 0 Å². The van der Waals surface area contributed by atoms with Gasteiger partial charge >= 0.3 is 0 Å². The molecule has 3 rings (SSSR count). The fraction of sp³-hybridized carbons (Fsp3) is 0.250. The number of thiazole rings is 1. The molecule has 0 fully saturated rings. The van der Waals surface area contributed by atoms with Gasteiger partial charge in [-0.2, -0.15) is 5.10 Å². The number of aliphatic hydroxyl groups excluding tert-OH is 1. The Morgan fingerprint density at radius 1 is 1.64 bits per heavy atom. The van der Waals surface area contributed by atoms with E-state index in [1.807, 2.05) is 11.6 Å². The highest BCUT2D eigenvalue weighted by Crippen LogP contribution is 2.31. The van der Waals surface area contributed by atoms with Crippen LogP contribution in [0.1, 0.15) is 17.5 Å². The average molecular weight is 208 g/mol. The van der Waals surface area contributed by atoms with Gasteiger partial charge in [-0.3, -0.25) is 5.43 Å². The monoisotopic (exact) mass is 208 g/mol. The van der Waals surface area contributed by atoms with Crippen LogP contribution in [0.25, 0.3) is 10.3 Å². The first-order chi connectivity index (χ1) is 6.79. The van der Waals surface area contributed by atoms with Crippen molar-refractivity contribution in [2.24, 2.45) is 12.1 Å². The summed E-state index contributed by atoms with van der Waals surface area (Å²) in [7, 11) is 1.89. The predicted molar refractivity (Wildman–Crippen MR) is 54.3 cm³/mol. The smallest absolute Gasteiger partial charge is 0.181 e. The molecule has 0 saturated heterocycles. The zero-order valence-electron chi connectivity index (χ0n) is 7.43. The normalized spacial score (nSPS) is 19.7. The minimum atomic E-state index is -0.735. The molecule has 2 aromatic rings. The van der Waals surface area contributed by atoms with E-state index in [2.05, 4.69) is 15.5 Å². The lowest BCUT2D eigenvalue weighted by Gasteiger charge is -2.16. The molecular formula is C8H8N4OS. The standard InChI is InChI=1S/C8H8N4OS/c1-12-5-4(2-10-11-8(5)13)6-7(12)9-3-14-6/h2-3,8,11,13H,1H3. The molecule has 0 saturated carbocycles. The van der Waals surface area contributed by atoms with Gasteiger partial charge in [0, 0.05) is 12.6 Å². The van der Waals surface area contributed by atoms with Gasteiger partial charge in [-0.15, -0.1) is 11.3 Å². The van der Waals surface area contributed by atoms with Crippen LogP contribution < -0.4 is 5.43 Å². The SMILES string of the molecule is Cn1c2c(c3scnc31)C=NNC2O. The zero-order chi connectivity index (χ0) is 9.71. The van der Waals surface area contributed by atoms with E-state index in [9.17, 15) is 5.11 Å². The maximum atomic E-state index is 9.69. The summed E-state index contributed by atoms with van der Waals surface area (Å²) in [6.45, 7) is 0. The highest BCUT2D eigenvalue weighted by atomic mass is 32.1.